The minimum atomic E-state index is -3.06. The van der Waals surface area contributed by atoms with Crippen LogP contribution in [0.1, 0.15) is 27.9 Å². The van der Waals surface area contributed by atoms with Crippen LogP contribution in [0.3, 0.4) is 0 Å². The molecule has 2 rings (SSSR count). The highest BCUT2D eigenvalue weighted by Crippen LogP contribution is 2.17. The highest BCUT2D eigenvalue weighted by molar-refractivity contribution is 7.91. The predicted octanol–water partition coefficient (Wildman–Crippen LogP) is 1.11. The molecule has 0 unspecified atom stereocenters. The molecule has 1 heterocycles. The fourth-order valence-electron chi connectivity index (χ4n) is 2.69. The second-order valence-electron chi connectivity index (χ2n) is 6.01. The van der Waals surface area contributed by atoms with Crippen LogP contribution in [0.15, 0.2) is 18.2 Å². The Labute approximate surface area is 136 Å². The van der Waals surface area contributed by atoms with Gasteiger partial charge in [0, 0.05) is 13.1 Å². The molecule has 23 heavy (non-hydrogen) atoms. The van der Waals surface area contributed by atoms with Gasteiger partial charge in [-0.2, -0.15) is 0 Å². The Bertz CT molecular complexity index is 706. The van der Waals surface area contributed by atoms with E-state index in [-0.39, 0.29) is 17.5 Å². The number of esters is 1. The smallest absolute Gasteiger partial charge is 0.338 e. The minimum absolute atomic E-state index is 0.0275. The quantitative estimate of drug-likeness (QED) is 0.768. The summed E-state index contributed by atoms with van der Waals surface area (Å²) in [5, 5.41) is 0. The van der Waals surface area contributed by atoms with Crippen LogP contribution in [-0.4, -0.2) is 56.4 Å². The highest BCUT2D eigenvalue weighted by atomic mass is 32.2. The number of likely N-dealkylation sites (N-methyl/N-ethyl adjacent to an activating group) is 1. The molecule has 1 aromatic carbocycles. The monoisotopic (exact) mass is 339 g/mol. The summed E-state index contributed by atoms with van der Waals surface area (Å²) in [6.07, 6.45) is 0.426. The third-order valence-electron chi connectivity index (χ3n) is 3.93. The van der Waals surface area contributed by atoms with Crippen LogP contribution in [0.4, 0.5) is 0 Å². The molecule has 1 atom stereocenters. The SMILES string of the molecule is Cc1cc(C)cc(C(=O)OCC(=O)N(C)[C@H]2CCS(=O)(=O)C2)c1. The lowest BCUT2D eigenvalue weighted by Gasteiger charge is -2.23. The Morgan fingerprint density at radius 2 is 1.83 bits per heavy atom. The van der Waals surface area contributed by atoms with E-state index in [1.165, 1.54) is 4.90 Å². The fourth-order valence-corrected chi connectivity index (χ4v) is 4.46. The number of ether oxygens (including phenoxy) is 1. The number of sulfone groups is 1. The van der Waals surface area contributed by atoms with Crippen molar-refractivity contribution < 1.29 is 22.7 Å². The van der Waals surface area contributed by atoms with Crippen molar-refractivity contribution in [1.82, 2.24) is 4.90 Å². The predicted molar refractivity (Wildman–Crippen MR) is 86.0 cm³/mol. The molecule has 0 spiro atoms. The standard InChI is InChI=1S/C16H21NO5S/c1-11-6-12(2)8-13(7-11)16(19)22-9-15(18)17(3)14-4-5-23(20,21)10-14/h6-8,14H,4-5,9-10H2,1-3H3/t14-/m0/s1. The molecule has 0 bridgehead atoms. The molecule has 0 aliphatic carbocycles. The average molecular weight is 339 g/mol. The Balaban J connectivity index is 1.92. The molecule has 126 valence electrons. The minimum Gasteiger partial charge on any atom is -0.452 e. The average Bonchev–Trinajstić information content (AvgIpc) is 2.82. The molecular formula is C16H21NO5S. The van der Waals surface area contributed by atoms with E-state index in [1.54, 1.807) is 19.2 Å². The van der Waals surface area contributed by atoms with E-state index < -0.39 is 28.3 Å². The maximum Gasteiger partial charge on any atom is 0.338 e. The third kappa shape index (κ3) is 4.54. The molecule has 0 radical (unpaired) electrons. The summed E-state index contributed by atoms with van der Waals surface area (Å²) in [4.78, 5) is 25.4. The zero-order valence-electron chi connectivity index (χ0n) is 13.5. The van der Waals surface area contributed by atoms with E-state index in [0.29, 0.717) is 12.0 Å². The lowest BCUT2D eigenvalue weighted by atomic mass is 10.1. The summed E-state index contributed by atoms with van der Waals surface area (Å²) in [7, 11) is -1.52. The Hall–Kier alpha value is -1.89. The van der Waals surface area contributed by atoms with Gasteiger partial charge in [-0.3, -0.25) is 4.79 Å². The van der Waals surface area contributed by atoms with Crippen molar-refractivity contribution in [2.24, 2.45) is 0 Å². The molecule has 0 N–H and O–H groups in total. The molecule has 1 fully saturated rings. The topological polar surface area (TPSA) is 80.8 Å². The lowest BCUT2D eigenvalue weighted by Crippen LogP contribution is -2.40. The van der Waals surface area contributed by atoms with Gasteiger partial charge in [-0.25, -0.2) is 13.2 Å². The number of carbonyl (C=O) groups excluding carboxylic acids is 2. The Kier molecular flexibility index (Phi) is 5.09. The molecule has 1 amide bonds. The maximum atomic E-state index is 12.1. The molecule has 1 aromatic rings. The van der Waals surface area contributed by atoms with E-state index in [0.717, 1.165) is 11.1 Å². The molecular weight excluding hydrogens is 318 g/mol. The molecule has 1 aliphatic rings. The first-order chi connectivity index (χ1) is 10.7. The van der Waals surface area contributed by atoms with Crippen LogP contribution in [0.25, 0.3) is 0 Å². The first kappa shape index (κ1) is 17.5. The van der Waals surface area contributed by atoms with E-state index in [2.05, 4.69) is 0 Å². The summed E-state index contributed by atoms with van der Waals surface area (Å²) < 4.78 is 28.0. The van der Waals surface area contributed by atoms with Crippen molar-refractivity contribution >= 4 is 21.7 Å². The summed E-state index contributed by atoms with van der Waals surface area (Å²) >= 11 is 0. The number of aryl methyl sites for hydroxylation is 2. The van der Waals surface area contributed by atoms with Crippen molar-refractivity contribution in [3.8, 4) is 0 Å². The highest BCUT2D eigenvalue weighted by Gasteiger charge is 2.32. The number of rotatable bonds is 4. The van der Waals surface area contributed by atoms with Gasteiger partial charge in [0.05, 0.1) is 17.1 Å². The van der Waals surface area contributed by atoms with Crippen molar-refractivity contribution in [2.45, 2.75) is 26.3 Å². The van der Waals surface area contributed by atoms with Crippen molar-refractivity contribution in [1.29, 1.82) is 0 Å². The second kappa shape index (κ2) is 6.70. The fraction of sp³-hybridized carbons (Fsp3) is 0.500. The largest absolute Gasteiger partial charge is 0.452 e. The molecule has 1 saturated heterocycles. The third-order valence-corrected chi connectivity index (χ3v) is 5.68. The molecule has 6 nitrogen and oxygen atoms in total. The first-order valence-corrected chi connectivity index (χ1v) is 9.21. The number of hydrogen-bond donors (Lipinski definition) is 0. The number of benzene rings is 1. The van der Waals surface area contributed by atoms with Gasteiger partial charge >= 0.3 is 5.97 Å². The summed E-state index contributed by atoms with van der Waals surface area (Å²) in [6, 6.07) is 5.00. The van der Waals surface area contributed by atoms with Gasteiger partial charge in [-0.1, -0.05) is 17.2 Å². The molecule has 7 heteroatoms. The van der Waals surface area contributed by atoms with Crippen molar-refractivity contribution in [3.63, 3.8) is 0 Å². The van der Waals surface area contributed by atoms with Crippen LogP contribution in [-0.2, 0) is 19.4 Å². The van der Waals surface area contributed by atoms with Crippen LogP contribution in [0.2, 0.25) is 0 Å². The first-order valence-electron chi connectivity index (χ1n) is 7.39. The van der Waals surface area contributed by atoms with E-state index in [9.17, 15) is 18.0 Å². The van der Waals surface area contributed by atoms with E-state index in [1.807, 2.05) is 19.9 Å². The van der Waals surface area contributed by atoms with Crippen LogP contribution in [0, 0.1) is 13.8 Å². The summed E-state index contributed by atoms with van der Waals surface area (Å²) in [5.41, 5.74) is 2.29. The van der Waals surface area contributed by atoms with E-state index >= 15 is 0 Å². The number of carbonyl (C=O) groups is 2. The summed E-state index contributed by atoms with van der Waals surface area (Å²) in [6.45, 7) is 3.37. The number of amides is 1. The van der Waals surface area contributed by atoms with Gasteiger partial charge in [0.1, 0.15) is 0 Å². The summed E-state index contributed by atoms with van der Waals surface area (Å²) in [5.74, 6) is -0.889. The van der Waals surface area contributed by atoms with Gasteiger partial charge in [-0.05, 0) is 32.4 Å². The Morgan fingerprint density at radius 3 is 2.35 bits per heavy atom. The molecule has 0 saturated carbocycles. The normalized spacial score (nSPS) is 19.3. The lowest BCUT2D eigenvalue weighted by molar-refractivity contribution is -0.134. The van der Waals surface area contributed by atoms with Crippen molar-refractivity contribution in [2.75, 3.05) is 25.2 Å². The van der Waals surface area contributed by atoms with Gasteiger partial charge in [-0.15, -0.1) is 0 Å². The van der Waals surface area contributed by atoms with E-state index in [4.69, 9.17) is 4.74 Å². The van der Waals surface area contributed by atoms with Gasteiger partial charge in [0.2, 0.25) is 0 Å². The maximum absolute atomic E-state index is 12.1. The van der Waals surface area contributed by atoms with Gasteiger partial charge < -0.3 is 9.64 Å². The van der Waals surface area contributed by atoms with Gasteiger partial charge in [0.15, 0.2) is 16.4 Å². The van der Waals surface area contributed by atoms with Gasteiger partial charge in [0.25, 0.3) is 5.91 Å². The van der Waals surface area contributed by atoms with Crippen molar-refractivity contribution in [3.05, 3.63) is 34.9 Å². The zero-order valence-corrected chi connectivity index (χ0v) is 14.4. The second-order valence-corrected chi connectivity index (χ2v) is 8.24. The zero-order chi connectivity index (χ0) is 17.2. The van der Waals surface area contributed by atoms with Crippen LogP contribution < -0.4 is 0 Å². The Morgan fingerprint density at radius 1 is 1.22 bits per heavy atom. The number of nitrogens with zero attached hydrogens (tertiary/aromatic N) is 1. The number of hydrogen-bond acceptors (Lipinski definition) is 5. The molecule has 1 aliphatic heterocycles. The van der Waals surface area contributed by atoms with Crippen LogP contribution >= 0.6 is 0 Å². The van der Waals surface area contributed by atoms with Crippen LogP contribution in [0.5, 0.6) is 0 Å². The molecule has 0 aromatic heterocycles.